The summed E-state index contributed by atoms with van der Waals surface area (Å²) in [6.45, 7) is 1.13. The van der Waals surface area contributed by atoms with E-state index in [0.29, 0.717) is 12.3 Å². The first-order chi connectivity index (χ1) is 13.7. The monoisotopic (exact) mass is 376 g/mol. The summed E-state index contributed by atoms with van der Waals surface area (Å²) in [5.74, 6) is 0.495. The molecule has 1 unspecified atom stereocenters. The molecule has 144 valence electrons. The van der Waals surface area contributed by atoms with Gasteiger partial charge in [0, 0.05) is 13.1 Å². The number of fused-ring (bicyclic) bond motifs is 1. The highest BCUT2D eigenvalue weighted by atomic mass is 16.5. The van der Waals surface area contributed by atoms with Gasteiger partial charge in [-0.05, 0) is 46.9 Å². The Hall–Kier alpha value is -3.21. The molecule has 1 aliphatic heterocycles. The predicted molar refractivity (Wildman–Crippen MR) is 110 cm³/mol. The SMILES string of the molecule is COc1cc(CNC(=O)N2CCCC2c2cccc3ccccc23)ccc1O. The van der Waals surface area contributed by atoms with Gasteiger partial charge in [-0.1, -0.05) is 48.5 Å². The molecular weight excluding hydrogens is 352 g/mol. The van der Waals surface area contributed by atoms with Crippen LogP contribution in [0.15, 0.2) is 60.7 Å². The van der Waals surface area contributed by atoms with Crippen LogP contribution >= 0.6 is 0 Å². The van der Waals surface area contributed by atoms with E-state index in [2.05, 4.69) is 35.6 Å². The smallest absolute Gasteiger partial charge is 0.318 e. The Morgan fingerprint density at radius 2 is 2.00 bits per heavy atom. The van der Waals surface area contributed by atoms with E-state index in [4.69, 9.17) is 4.74 Å². The average molecular weight is 376 g/mol. The van der Waals surface area contributed by atoms with Crippen molar-refractivity contribution in [2.45, 2.75) is 25.4 Å². The van der Waals surface area contributed by atoms with Crippen molar-refractivity contribution < 1.29 is 14.6 Å². The van der Waals surface area contributed by atoms with Crippen LogP contribution in [0.25, 0.3) is 10.8 Å². The van der Waals surface area contributed by atoms with Crippen molar-refractivity contribution >= 4 is 16.8 Å². The Bertz CT molecular complexity index is 997. The zero-order valence-corrected chi connectivity index (χ0v) is 15.9. The number of phenolic OH excluding ortho intramolecular Hbond substituents is 1. The van der Waals surface area contributed by atoms with Crippen molar-refractivity contribution in [2.75, 3.05) is 13.7 Å². The van der Waals surface area contributed by atoms with Gasteiger partial charge in [-0.25, -0.2) is 4.79 Å². The number of amides is 2. The third-order valence-corrected chi connectivity index (χ3v) is 5.38. The molecule has 0 spiro atoms. The predicted octanol–water partition coefficient (Wildman–Crippen LogP) is 4.60. The molecule has 0 radical (unpaired) electrons. The largest absolute Gasteiger partial charge is 0.504 e. The van der Waals surface area contributed by atoms with Crippen molar-refractivity contribution in [3.05, 3.63) is 71.8 Å². The van der Waals surface area contributed by atoms with Crippen molar-refractivity contribution in [1.29, 1.82) is 0 Å². The molecule has 4 rings (SSSR count). The molecule has 0 aromatic heterocycles. The highest BCUT2D eigenvalue weighted by Gasteiger charge is 2.30. The maximum atomic E-state index is 12.9. The van der Waals surface area contributed by atoms with E-state index < -0.39 is 0 Å². The van der Waals surface area contributed by atoms with Gasteiger partial charge in [0.15, 0.2) is 11.5 Å². The number of benzene rings is 3. The second kappa shape index (κ2) is 7.80. The van der Waals surface area contributed by atoms with Crippen LogP contribution in [0.3, 0.4) is 0 Å². The lowest BCUT2D eigenvalue weighted by Crippen LogP contribution is -2.39. The number of rotatable bonds is 4. The number of methoxy groups -OCH3 is 1. The number of hydrogen-bond donors (Lipinski definition) is 2. The maximum absolute atomic E-state index is 12.9. The molecule has 1 atom stereocenters. The molecule has 28 heavy (non-hydrogen) atoms. The number of phenols is 1. The van der Waals surface area contributed by atoms with Crippen molar-refractivity contribution in [2.24, 2.45) is 0 Å². The third-order valence-electron chi connectivity index (χ3n) is 5.38. The maximum Gasteiger partial charge on any atom is 0.318 e. The van der Waals surface area contributed by atoms with Crippen LogP contribution in [0.4, 0.5) is 4.79 Å². The lowest BCUT2D eigenvalue weighted by molar-refractivity contribution is 0.193. The summed E-state index contributed by atoms with van der Waals surface area (Å²) in [5.41, 5.74) is 2.08. The summed E-state index contributed by atoms with van der Waals surface area (Å²) in [6, 6.07) is 19.7. The van der Waals surface area contributed by atoms with Gasteiger partial charge >= 0.3 is 6.03 Å². The molecule has 0 aliphatic carbocycles. The minimum atomic E-state index is -0.0672. The minimum Gasteiger partial charge on any atom is -0.504 e. The number of carbonyl (C=O) groups is 1. The molecule has 1 saturated heterocycles. The number of urea groups is 1. The Balaban J connectivity index is 1.51. The quantitative estimate of drug-likeness (QED) is 0.699. The second-order valence-corrected chi connectivity index (χ2v) is 7.08. The number of nitrogens with one attached hydrogen (secondary N) is 1. The fourth-order valence-electron chi connectivity index (χ4n) is 3.99. The number of hydrogen-bond acceptors (Lipinski definition) is 3. The highest BCUT2D eigenvalue weighted by molar-refractivity contribution is 5.87. The van der Waals surface area contributed by atoms with E-state index >= 15 is 0 Å². The van der Waals surface area contributed by atoms with E-state index in [1.165, 1.54) is 23.4 Å². The van der Waals surface area contributed by atoms with E-state index in [0.717, 1.165) is 24.9 Å². The summed E-state index contributed by atoms with van der Waals surface area (Å²) in [5, 5.41) is 15.1. The highest BCUT2D eigenvalue weighted by Crippen LogP contribution is 2.36. The van der Waals surface area contributed by atoms with Gasteiger partial charge in [0.2, 0.25) is 0 Å². The molecule has 1 fully saturated rings. The molecule has 2 amide bonds. The first kappa shape index (κ1) is 18.2. The van der Waals surface area contributed by atoms with Crippen LogP contribution in [0.2, 0.25) is 0 Å². The lowest BCUT2D eigenvalue weighted by Gasteiger charge is -2.26. The fraction of sp³-hybridized carbons (Fsp3) is 0.261. The first-order valence-electron chi connectivity index (χ1n) is 9.55. The fourth-order valence-corrected chi connectivity index (χ4v) is 3.99. The van der Waals surface area contributed by atoms with Crippen LogP contribution in [0.5, 0.6) is 11.5 Å². The molecule has 3 aromatic rings. The number of aromatic hydroxyl groups is 1. The molecule has 1 heterocycles. The number of likely N-dealkylation sites (tertiary alicyclic amines) is 1. The standard InChI is InChI=1S/C23H24N2O3/c1-28-22-14-16(11-12-21(22)26)15-24-23(27)25-13-5-10-20(25)19-9-4-7-17-6-2-3-8-18(17)19/h2-4,6-9,11-12,14,20,26H,5,10,13,15H2,1H3,(H,24,27). The summed E-state index contributed by atoms with van der Waals surface area (Å²) < 4.78 is 5.13. The number of carbonyl (C=O) groups excluding carboxylic acids is 1. The zero-order valence-electron chi connectivity index (χ0n) is 15.9. The van der Waals surface area contributed by atoms with E-state index in [9.17, 15) is 9.90 Å². The van der Waals surface area contributed by atoms with Crippen LogP contribution in [0, 0.1) is 0 Å². The van der Waals surface area contributed by atoms with Crippen LogP contribution in [-0.4, -0.2) is 29.7 Å². The Kier molecular flexibility index (Phi) is 5.06. The van der Waals surface area contributed by atoms with Crippen molar-refractivity contribution in [3.8, 4) is 11.5 Å². The van der Waals surface area contributed by atoms with Gasteiger partial charge in [0.25, 0.3) is 0 Å². The summed E-state index contributed by atoms with van der Waals surface area (Å²) in [4.78, 5) is 14.8. The second-order valence-electron chi connectivity index (χ2n) is 7.08. The van der Waals surface area contributed by atoms with Crippen LogP contribution in [-0.2, 0) is 6.54 Å². The number of ether oxygens (including phenoxy) is 1. The van der Waals surface area contributed by atoms with Crippen molar-refractivity contribution in [3.63, 3.8) is 0 Å². The van der Waals surface area contributed by atoms with Gasteiger partial charge in [-0.2, -0.15) is 0 Å². The summed E-state index contributed by atoms with van der Waals surface area (Å²) in [7, 11) is 1.51. The Morgan fingerprint density at radius 1 is 1.18 bits per heavy atom. The zero-order chi connectivity index (χ0) is 19.5. The van der Waals surface area contributed by atoms with Gasteiger partial charge in [0.05, 0.1) is 13.2 Å². The molecule has 1 aliphatic rings. The topological polar surface area (TPSA) is 61.8 Å². The normalized spacial score (nSPS) is 16.3. The van der Waals surface area contributed by atoms with E-state index in [1.807, 2.05) is 17.0 Å². The van der Waals surface area contributed by atoms with Gasteiger partial charge < -0.3 is 20.1 Å². The molecule has 3 aromatic carbocycles. The number of nitrogens with zero attached hydrogens (tertiary/aromatic N) is 1. The lowest BCUT2D eigenvalue weighted by atomic mass is 9.97. The Labute approximate surface area is 164 Å². The average Bonchev–Trinajstić information content (AvgIpc) is 3.22. The minimum absolute atomic E-state index is 0.0672. The van der Waals surface area contributed by atoms with Gasteiger partial charge in [-0.15, -0.1) is 0 Å². The van der Waals surface area contributed by atoms with E-state index in [-0.39, 0.29) is 17.8 Å². The molecule has 2 N–H and O–H groups in total. The van der Waals surface area contributed by atoms with Gasteiger partial charge in [-0.3, -0.25) is 0 Å². The van der Waals surface area contributed by atoms with Gasteiger partial charge in [0.1, 0.15) is 0 Å². The first-order valence-corrected chi connectivity index (χ1v) is 9.55. The van der Waals surface area contributed by atoms with Crippen molar-refractivity contribution in [1.82, 2.24) is 10.2 Å². The third kappa shape index (κ3) is 3.48. The molecule has 0 bridgehead atoms. The van der Waals surface area contributed by atoms with E-state index in [1.54, 1.807) is 18.2 Å². The Morgan fingerprint density at radius 3 is 2.86 bits per heavy atom. The summed E-state index contributed by atoms with van der Waals surface area (Å²) >= 11 is 0. The van der Waals surface area contributed by atoms with Crippen LogP contribution in [0.1, 0.15) is 30.0 Å². The summed E-state index contributed by atoms with van der Waals surface area (Å²) in [6.07, 6.45) is 1.96. The molecule has 5 nitrogen and oxygen atoms in total. The van der Waals surface area contributed by atoms with Crippen LogP contribution < -0.4 is 10.1 Å². The molecule has 0 saturated carbocycles. The molecule has 5 heteroatoms. The molecular formula is C23H24N2O3.